The van der Waals surface area contributed by atoms with Gasteiger partial charge in [0.1, 0.15) is 23.0 Å². The molecule has 0 bridgehead atoms. The van der Waals surface area contributed by atoms with Crippen LogP contribution in [0.3, 0.4) is 0 Å². The van der Waals surface area contributed by atoms with Crippen molar-refractivity contribution in [2.45, 2.75) is 47.1 Å². The molecular formula is C34H31NO9. The minimum Gasteiger partial charge on any atom is -0.494 e. The molecular weight excluding hydrogens is 566 g/mol. The van der Waals surface area contributed by atoms with Crippen molar-refractivity contribution in [3.05, 3.63) is 89.0 Å². The van der Waals surface area contributed by atoms with Gasteiger partial charge in [0.2, 0.25) is 0 Å². The van der Waals surface area contributed by atoms with E-state index in [4.69, 9.17) is 18.9 Å². The van der Waals surface area contributed by atoms with Gasteiger partial charge in [0.25, 0.3) is 0 Å². The van der Waals surface area contributed by atoms with Crippen LogP contribution in [0.4, 0.5) is 0 Å². The molecule has 4 aromatic rings. The van der Waals surface area contributed by atoms with Crippen LogP contribution in [0.5, 0.6) is 34.8 Å². The molecule has 0 fully saturated rings. The second-order valence-corrected chi connectivity index (χ2v) is 12.9. The van der Waals surface area contributed by atoms with E-state index in [0.717, 1.165) is 0 Å². The van der Waals surface area contributed by atoms with Gasteiger partial charge in [-0.25, -0.2) is 4.79 Å². The first kappa shape index (κ1) is 28.9. The molecule has 0 radical (unpaired) electrons. The van der Waals surface area contributed by atoms with Crippen LogP contribution in [-0.2, 0) is 19.9 Å². The van der Waals surface area contributed by atoms with E-state index in [-0.39, 0.29) is 40.3 Å². The third kappa shape index (κ3) is 4.54. The van der Waals surface area contributed by atoms with Crippen molar-refractivity contribution < 1.29 is 43.5 Å². The van der Waals surface area contributed by atoms with Crippen molar-refractivity contribution in [2.24, 2.45) is 10.8 Å². The first-order valence-electron chi connectivity index (χ1n) is 14.0. The Kier molecular flexibility index (Phi) is 6.32. The molecule has 2 aliphatic heterocycles. The van der Waals surface area contributed by atoms with Crippen molar-refractivity contribution in [3.8, 4) is 40.4 Å². The fourth-order valence-electron chi connectivity index (χ4n) is 5.14. The molecule has 10 heteroatoms. The number of carbonyl (C=O) groups excluding carboxylic acids is 3. The lowest BCUT2D eigenvalue weighted by Gasteiger charge is -2.36. The van der Waals surface area contributed by atoms with E-state index in [1.807, 2.05) is 0 Å². The highest BCUT2D eigenvalue weighted by molar-refractivity contribution is 5.98. The number of nitrogens with zero attached hydrogens (tertiary/aromatic N) is 1. The number of hydrogen-bond donors (Lipinski definition) is 2. The Hall–Kier alpha value is -5.25. The zero-order valence-corrected chi connectivity index (χ0v) is 25.1. The summed E-state index contributed by atoms with van der Waals surface area (Å²) in [6.07, 6.45) is 0. The Morgan fingerprint density at radius 1 is 0.705 bits per heavy atom. The van der Waals surface area contributed by atoms with Crippen LogP contribution >= 0.6 is 0 Å². The summed E-state index contributed by atoms with van der Waals surface area (Å²) in [4.78, 5) is 38.8. The van der Waals surface area contributed by atoms with Crippen molar-refractivity contribution in [2.75, 3.05) is 0 Å². The Bertz CT molecular complexity index is 1770. The molecule has 2 N–H and O–H groups in total. The standard InChI is InChI=1S/C34H31NO9/c1-32(2,3)30(39)41-19-8-11-23-25(16-19)43-26-17-20(42-31(40)33(4,5)6)9-12-24(26)34(23)22-10-7-18(15-21(22)29(38)44-34)35-27(36)13-14-28(35)37/h7-17,36-37H,1-6H3. The monoisotopic (exact) mass is 597 g/mol. The largest absolute Gasteiger partial charge is 0.494 e. The van der Waals surface area contributed by atoms with Crippen molar-refractivity contribution in [1.82, 2.24) is 4.57 Å². The zero-order chi connectivity index (χ0) is 31.8. The Morgan fingerprint density at radius 2 is 1.18 bits per heavy atom. The molecule has 3 aromatic carbocycles. The minimum absolute atomic E-state index is 0.208. The summed E-state index contributed by atoms with van der Waals surface area (Å²) in [7, 11) is 0. The van der Waals surface area contributed by atoms with E-state index in [1.165, 1.54) is 22.8 Å². The molecule has 2 aliphatic rings. The SMILES string of the molecule is CC(C)(C)C(=O)Oc1ccc2c(c1)Oc1cc(OC(=O)C(C)(C)C)ccc1C21OC(=O)c2cc(-n3c(O)ccc3O)ccc21. The first-order chi connectivity index (χ1) is 20.6. The third-order valence-electron chi connectivity index (χ3n) is 7.48. The topological polar surface area (TPSA) is 134 Å². The maximum atomic E-state index is 13.6. The molecule has 1 aromatic heterocycles. The molecule has 226 valence electrons. The number of fused-ring (bicyclic) bond motifs is 6. The van der Waals surface area contributed by atoms with E-state index < -0.39 is 34.3 Å². The van der Waals surface area contributed by atoms with Gasteiger partial charge in [0, 0.05) is 41.0 Å². The van der Waals surface area contributed by atoms with Gasteiger partial charge in [-0.3, -0.25) is 14.2 Å². The number of ether oxygens (including phenoxy) is 4. The fraction of sp³-hybridized carbons (Fsp3) is 0.265. The summed E-state index contributed by atoms with van der Waals surface area (Å²) < 4.78 is 25.0. The predicted octanol–water partition coefficient (Wildman–Crippen LogP) is 6.36. The molecule has 6 rings (SSSR count). The molecule has 10 nitrogen and oxygen atoms in total. The molecule has 44 heavy (non-hydrogen) atoms. The van der Waals surface area contributed by atoms with E-state index >= 15 is 0 Å². The van der Waals surface area contributed by atoms with Crippen LogP contribution in [0.15, 0.2) is 66.7 Å². The molecule has 0 amide bonds. The molecule has 0 aliphatic carbocycles. The van der Waals surface area contributed by atoms with E-state index in [1.54, 1.807) is 90.1 Å². The highest BCUT2D eigenvalue weighted by Crippen LogP contribution is 2.57. The molecule has 3 heterocycles. The molecule has 0 unspecified atom stereocenters. The minimum atomic E-state index is -1.48. The van der Waals surface area contributed by atoms with Crippen LogP contribution in [-0.4, -0.2) is 32.7 Å². The summed E-state index contributed by atoms with van der Waals surface area (Å²) in [5.74, 6) is -0.948. The highest BCUT2D eigenvalue weighted by Gasteiger charge is 2.54. The van der Waals surface area contributed by atoms with Gasteiger partial charge in [-0.2, -0.15) is 0 Å². The Morgan fingerprint density at radius 3 is 1.66 bits per heavy atom. The third-order valence-corrected chi connectivity index (χ3v) is 7.48. The second-order valence-electron chi connectivity index (χ2n) is 12.9. The number of aromatic hydroxyl groups is 2. The zero-order valence-electron chi connectivity index (χ0n) is 25.1. The van der Waals surface area contributed by atoms with Crippen LogP contribution in [0.1, 0.15) is 68.6 Å². The van der Waals surface area contributed by atoms with Gasteiger partial charge in [0.05, 0.1) is 22.1 Å². The number of esters is 3. The van der Waals surface area contributed by atoms with Crippen LogP contribution in [0.2, 0.25) is 0 Å². The van der Waals surface area contributed by atoms with Gasteiger partial charge in [-0.1, -0.05) is 6.07 Å². The second kappa shape index (κ2) is 9.63. The van der Waals surface area contributed by atoms with Crippen molar-refractivity contribution in [3.63, 3.8) is 0 Å². The maximum Gasteiger partial charge on any atom is 0.340 e. The van der Waals surface area contributed by atoms with Gasteiger partial charge in [-0.05, 0) is 77.9 Å². The number of benzene rings is 3. The van der Waals surface area contributed by atoms with Gasteiger partial charge < -0.3 is 29.2 Å². The Labute approximate surface area is 253 Å². The molecule has 0 saturated carbocycles. The van der Waals surface area contributed by atoms with Gasteiger partial charge in [-0.15, -0.1) is 0 Å². The Balaban J connectivity index is 1.52. The average molecular weight is 598 g/mol. The lowest BCUT2D eigenvalue weighted by molar-refractivity contribution is -0.143. The summed E-state index contributed by atoms with van der Waals surface area (Å²) in [5.41, 5.74) is -0.986. The predicted molar refractivity (Wildman–Crippen MR) is 158 cm³/mol. The van der Waals surface area contributed by atoms with Crippen LogP contribution < -0.4 is 14.2 Å². The highest BCUT2D eigenvalue weighted by atomic mass is 16.6. The quantitative estimate of drug-likeness (QED) is 0.204. The smallest absolute Gasteiger partial charge is 0.340 e. The van der Waals surface area contributed by atoms with Crippen molar-refractivity contribution in [1.29, 1.82) is 0 Å². The van der Waals surface area contributed by atoms with Crippen LogP contribution in [0, 0.1) is 10.8 Å². The number of aromatic nitrogens is 1. The maximum absolute atomic E-state index is 13.6. The summed E-state index contributed by atoms with van der Waals surface area (Å²) >= 11 is 0. The average Bonchev–Trinajstić information content (AvgIpc) is 3.42. The lowest BCUT2D eigenvalue weighted by Crippen LogP contribution is -2.33. The van der Waals surface area contributed by atoms with Crippen LogP contribution in [0.25, 0.3) is 5.69 Å². The van der Waals surface area contributed by atoms with E-state index in [9.17, 15) is 24.6 Å². The fourth-order valence-corrected chi connectivity index (χ4v) is 5.14. The lowest BCUT2D eigenvalue weighted by atomic mass is 9.77. The normalized spacial score (nSPS) is 14.6. The summed E-state index contributed by atoms with van der Waals surface area (Å²) in [5, 5.41) is 20.6. The summed E-state index contributed by atoms with van der Waals surface area (Å²) in [6.45, 7) is 10.5. The van der Waals surface area contributed by atoms with Crippen molar-refractivity contribution >= 4 is 17.9 Å². The van der Waals surface area contributed by atoms with E-state index in [0.29, 0.717) is 22.4 Å². The molecule has 0 saturated heterocycles. The molecule has 1 spiro atoms. The van der Waals surface area contributed by atoms with Gasteiger partial charge >= 0.3 is 17.9 Å². The van der Waals surface area contributed by atoms with Gasteiger partial charge in [0.15, 0.2) is 17.4 Å². The number of carbonyl (C=O) groups is 3. The number of rotatable bonds is 3. The van der Waals surface area contributed by atoms with E-state index in [2.05, 4.69) is 0 Å². The number of hydrogen-bond acceptors (Lipinski definition) is 9. The summed E-state index contributed by atoms with van der Waals surface area (Å²) in [6, 6.07) is 17.2. The molecule has 0 atom stereocenters. The first-order valence-corrected chi connectivity index (χ1v) is 14.0.